The highest BCUT2D eigenvalue weighted by atomic mass is 14.1. The molecule has 0 fully saturated rings. The predicted octanol–water partition coefficient (Wildman–Crippen LogP) is 2.84. The molecule has 0 atom stereocenters. The summed E-state index contributed by atoms with van der Waals surface area (Å²) in [6.45, 7) is 7.60. The summed E-state index contributed by atoms with van der Waals surface area (Å²) >= 11 is 0. The third-order valence-electron chi connectivity index (χ3n) is 1.62. The van der Waals surface area contributed by atoms with Crippen LogP contribution in [0.15, 0.2) is 36.5 Å². The fraction of sp³-hybridized carbons (Fsp3) is 0.333. The van der Waals surface area contributed by atoms with E-state index >= 15 is 0 Å². The van der Waals surface area contributed by atoms with Gasteiger partial charge in [-0.25, -0.2) is 0 Å². The zero-order valence-electron chi connectivity index (χ0n) is 5.69. The largest absolute Gasteiger partial charge is 0.0988 e. The Bertz CT molecular complexity index is 161. The summed E-state index contributed by atoms with van der Waals surface area (Å²) in [7, 11) is 0. The molecule has 1 aliphatic carbocycles. The molecule has 0 spiro atoms. The first-order chi connectivity index (χ1) is 4.33. The molecule has 9 heavy (non-hydrogen) atoms. The Morgan fingerprint density at radius 3 is 2.67 bits per heavy atom. The van der Waals surface area contributed by atoms with Gasteiger partial charge in [0, 0.05) is 0 Å². The maximum atomic E-state index is 3.89. The van der Waals surface area contributed by atoms with Gasteiger partial charge in [-0.3, -0.25) is 0 Å². The van der Waals surface area contributed by atoms with Crippen molar-refractivity contribution in [3.05, 3.63) is 36.5 Å². The van der Waals surface area contributed by atoms with Crippen LogP contribution in [-0.2, 0) is 0 Å². The molecule has 0 aliphatic heterocycles. The molecule has 0 N–H and O–H groups in total. The second-order valence-electron chi connectivity index (χ2n) is 2.44. The SMILES string of the molecule is C=CC1=CC(=C)CCC1. The third-order valence-corrected chi connectivity index (χ3v) is 1.62. The molecule has 0 aromatic rings. The summed E-state index contributed by atoms with van der Waals surface area (Å²) in [4.78, 5) is 0. The predicted molar refractivity (Wildman–Crippen MR) is 41.3 cm³/mol. The van der Waals surface area contributed by atoms with E-state index in [-0.39, 0.29) is 0 Å². The summed E-state index contributed by atoms with van der Waals surface area (Å²) in [6, 6.07) is 0. The lowest BCUT2D eigenvalue weighted by Gasteiger charge is -2.09. The molecule has 0 amide bonds. The minimum Gasteiger partial charge on any atom is -0.0988 e. The standard InChI is InChI=1S/C9H12/c1-3-9-6-4-5-8(2)7-9/h3,7H,1-2,4-6H2. The Morgan fingerprint density at radius 1 is 1.44 bits per heavy atom. The molecule has 0 radical (unpaired) electrons. The molecule has 0 saturated heterocycles. The van der Waals surface area contributed by atoms with Crippen LogP contribution in [0.3, 0.4) is 0 Å². The minimum atomic E-state index is 1.16. The van der Waals surface area contributed by atoms with E-state index in [9.17, 15) is 0 Å². The van der Waals surface area contributed by atoms with Crippen molar-refractivity contribution in [1.29, 1.82) is 0 Å². The highest BCUT2D eigenvalue weighted by Crippen LogP contribution is 2.20. The molecule has 1 rings (SSSR count). The summed E-state index contributed by atoms with van der Waals surface area (Å²) in [5.74, 6) is 0. The van der Waals surface area contributed by atoms with Crippen molar-refractivity contribution in [3.8, 4) is 0 Å². The highest BCUT2D eigenvalue weighted by Gasteiger charge is 2.01. The maximum Gasteiger partial charge on any atom is -0.0276 e. The average molecular weight is 120 g/mol. The van der Waals surface area contributed by atoms with Gasteiger partial charge >= 0.3 is 0 Å². The Balaban J connectivity index is 2.70. The third kappa shape index (κ3) is 1.56. The first kappa shape index (κ1) is 6.34. The van der Waals surface area contributed by atoms with Crippen LogP contribution in [0, 0.1) is 0 Å². The monoisotopic (exact) mass is 120 g/mol. The topological polar surface area (TPSA) is 0 Å². The molecule has 0 unspecified atom stereocenters. The van der Waals surface area contributed by atoms with Crippen LogP contribution in [0.2, 0.25) is 0 Å². The van der Waals surface area contributed by atoms with E-state index in [1.807, 2.05) is 6.08 Å². The quantitative estimate of drug-likeness (QED) is 0.499. The lowest BCUT2D eigenvalue weighted by atomic mass is 9.97. The lowest BCUT2D eigenvalue weighted by molar-refractivity contribution is 0.800. The van der Waals surface area contributed by atoms with Crippen molar-refractivity contribution in [2.24, 2.45) is 0 Å². The molecule has 0 heterocycles. The number of hydrogen-bond acceptors (Lipinski definition) is 0. The smallest absolute Gasteiger partial charge is 0.0276 e. The van der Waals surface area contributed by atoms with Crippen LogP contribution in [-0.4, -0.2) is 0 Å². The normalized spacial score (nSPS) is 19.1. The molecule has 0 saturated carbocycles. The molecular formula is C9H12. The molecular weight excluding hydrogens is 108 g/mol. The first-order valence-electron chi connectivity index (χ1n) is 3.33. The van der Waals surface area contributed by atoms with E-state index in [1.54, 1.807) is 0 Å². The maximum absolute atomic E-state index is 3.89. The van der Waals surface area contributed by atoms with E-state index in [1.165, 1.54) is 24.0 Å². The van der Waals surface area contributed by atoms with Crippen molar-refractivity contribution >= 4 is 0 Å². The van der Waals surface area contributed by atoms with Crippen LogP contribution >= 0.6 is 0 Å². The van der Waals surface area contributed by atoms with Gasteiger partial charge in [0.05, 0.1) is 0 Å². The van der Waals surface area contributed by atoms with Gasteiger partial charge in [-0.2, -0.15) is 0 Å². The first-order valence-corrected chi connectivity index (χ1v) is 3.33. The van der Waals surface area contributed by atoms with Crippen LogP contribution in [0.5, 0.6) is 0 Å². The average Bonchev–Trinajstić information content (AvgIpc) is 1.88. The molecule has 0 nitrogen and oxygen atoms in total. The molecule has 48 valence electrons. The van der Waals surface area contributed by atoms with E-state index in [4.69, 9.17) is 0 Å². The summed E-state index contributed by atoms with van der Waals surface area (Å²) in [6.07, 6.45) is 7.65. The van der Waals surface area contributed by atoms with Gasteiger partial charge in [0.1, 0.15) is 0 Å². The van der Waals surface area contributed by atoms with Crippen molar-refractivity contribution in [2.75, 3.05) is 0 Å². The van der Waals surface area contributed by atoms with Crippen molar-refractivity contribution < 1.29 is 0 Å². The molecule has 0 heteroatoms. The fourth-order valence-electron chi connectivity index (χ4n) is 1.09. The Hall–Kier alpha value is -0.780. The van der Waals surface area contributed by atoms with Crippen molar-refractivity contribution in [1.82, 2.24) is 0 Å². The Labute approximate surface area is 56.6 Å². The van der Waals surface area contributed by atoms with Crippen molar-refractivity contribution in [2.45, 2.75) is 19.3 Å². The van der Waals surface area contributed by atoms with Gasteiger partial charge in [-0.1, -0.05) is 30.9 Å². The highest BCUT2D eigenvalue weighted by molar-refractivity contribution is 5.30. The number of allylic oxidation sites excluding steroid dienone is 4. The van der Waals surface area contributed by atoms with Crippen LogP contribution in [0.25, 0.3) is 0 Å². The second-order valence-corrected chi connectivity index (χ2v) is 2.44. The van der Waals surface area contributed by atoms with E-state index in [0.717, 1.165) is 6.42 Å². The molecule has 0 aromatic heterocycles. The second kappa shape index (κ2) is 2.67. The van der Waals surface area contributed by atoms with Crippen LogP contribution in [0.1, 0.15) is 19.3 Å². The summed E-state index contributed by atoms with van der Waals surface area (Å²) in [5, 5.41) is 0. The van der Waals surface area contributed by atoms with Gasteiger partial charge < -0.3 is 0 Å². The van der Waals surface area contributed by atoms with Gasteiger partial charge in [0.15, 0.2) is 0 Å². The molecule has 0 bridgehead atoms. The Morgan fingerprint density at radius 2 is 2.22 bits per heavy atom. The van der Waals surface area contributed by atoms with Gasteiger partial charge in [0.2, 0.25) is 0 Å². The number of rotatable bonds is 1. The van der Waals surface area contributed by atoms with Gasteiger partial charge in [-0.05, 0) is 24.8 Å². The van der Waals surface area contributed by atoms with Gasteiger partial charge in [-0.15, -0.1) is 0 Å². The van der Waals surface area contributed by atoms with E-state index < -0.39 is 0 Å². The molecule has 1 aliphatic rings. The van der Waals surface area contributed by atoms with Crippen LogP contribution < -0.4 is 0 Å². The Kier molecular flexibility index (Phi) is 1.88. The summed E-state index contributed by atoms with van der Waals surface area (Å²) < 4.78 is 0. The lowest BCUT2D eigenvalue weighted by Crippen LogP contribution is -1.90. The summed E-state index contributed by atoms with van der Waals surface area (Å²) in [5.41, 5.74) is 2.59. The van der Waals surface area contributed by atoms with Crippen molar-refractivity contribution in [3.63, 3.8) is 0 Å². The van der Waals surface area contributed by atoms with E-state index in [0.29, 0.717) is 0 Å². The van der Waals surface area contributed by atoms with Crippen LogP contribution in [0.4, 0.5) is 0 Å². The molecule has 0 aromatic carbocycles. The number of hydrogen-bond donors (Lipinski definition) is 0. The van der Waals surface area contributed by atoms with E-state index in [2.05, 4.69) is 19.2 Å². The minimum absolute atomic E-state index is 1.16. The zero-order valence-corrected chi connectivity index (χ0v) is 5.69. The fourth-order valence-corrected chi connectivity index (χ4v) is 1.09. The zero-order chi connectivity index (χ0) is 6.69. The van der Waals surface area contributed by atoms with Gasteiger partial charge in [0.25, 0.3) is 0 Å².